The molecule has 2 aromatic carbocycles. The highest BCUT2D eigenvalue weighted by molar-refractivity contribution is 6.39. The van der Waals surface area contributed by atoms with Crippen LogP contribution in [0.15, 0.2) is 36.4 Å². The van der Waals surface area contributed by atoms with Crippen LogP contribution in [-0.2, 0) is 4.79 Å². The predicted octanol–water partition coefficient (Wildman–Crippen LogP) is 4.93. The topological polar surface area (TPSA) is 50.8 Å². The Hall–Kier alpha value is -1.95. The van der Waals surface area contributed by atoms with Gasteiger partial charge in [0.2, 0.25) is 5.91 Å². The minimum absolute atomic E-state index is 0.128. The molecule has 4 rings (SSSR count). The van der Waals surface area contributed by atoms with Crippen molar-refractivity contribution >= 4 is 34.8 Å². The average molecular weight is 421 g/mol. The third-order valence-corrected chi connectivity index (χ3v) is 5.72. The molecule has 1 fully saturated rings. The van der Waals surface area contributed by atoms with Crippen LogP contribution in [0.4, 0.5) is 5.69 Å². The summed E-state index contributed by atoms with van der Waals surface area (Å²) in [6.45, 7) is 2.47. The third kappa shape index (κ3) is 4.22. The van der Waals surface area contributed by atoms with Gasteiger partial charge in [-0.3, -0.25) is 9.69 Å². The largest absolute Gasteiger partial charge is 0.490 e. The number of amides is 1. The molecule has 7 heteroatoms. The lowest BCUT2D eigenvalue weighted by atomic mass is 10.0. The van der Waals surface area contributed by atoms with Crippen LogP contribution >= 0.6 is 23.2 Å². The summed E-state index contributed by atoms with van der Waals surface area (Å²) in [5, 5.41) is 3.71. The second kappa shape index (κ2) is 8.60. The van der Waals surface area contributed by atoms with Crippen LogP contribution in [0.2, 0.25) is 10.0 Å². The number of likely N-dealkylation sites (tertiary alicyclic amines) is 1. The van der Waals surface area contributed by atoms with Gasteiger partial charge in [0, 0.05) is 12.5 Å². The van der Waals surface area contributed by atoms with Gasteiger partial charge in [-0.2, -0.15) is 0 Å². The maximum Gasteiger partial charge on any atom is 0.238 e. The lowest BCUT2D eigenvalue weighted by Gasteiger charge is -2.25. The van der Waals surface area contributed by atoms with Gasteiger partial charge < -0.3 is 14.8 Å². The van der Waals surface area contributed by atoms with E-state index in [0.717, 1.165) is 42.9 Å². The van der Waals surface area contributed by atoms with Gasteiger partial charge in [0.1, 0.15) is 0 Å². The number of nitrogens with one attached hydrogen (secondary N) is 1. The molecule has 1 N–H and O–H groups in total. The Morgan fingerprint density at radius 1 is 1.07 bits per heavy atom. The lowest BCUT2D eigenvalue weighted by molar-refractivity contribution is -0.117. The number of ether oxygens (including phenoxy) is 2. The number of carbonyl (C=O) groups is 1. The minimum atomic E-state index is -0.128. The first-order valence-electron chi connectivity index (χ1n) is 9.49. The van der Waals surface area contributed by atoms with E-state index in [1.807, 2.05) is 12.1 Å². The fraction of sp³-hybridized carbons (Fsp3) is 0.381. The smallest absolute Gasteiger partial charge is 0.238 e. The van der Waals surface area contributed by atoms with Gasteiger partial charge in [-0.25, -0.2) is 0 Å². The van der Waals surface area contributed by atoms with E-state index in [0.29, 0.717) is 28.9 Å². The molecule has 0 radical (unpaired) electrons. The number of fused-ring (bicyclic) bond motifs is 1. The number of para-hydroxylation sites is 1. The number of hydrogen-bond acceptors (Lipinski definition) is 4. The normalized spacial score (nSPS) is 19.3. The molecule has 5 nitrogen and oxygen atoms in total. The molecule has 1 saturated heterocycles. The number of rotatable bonds is 4. The van der Waals surface area contributed by atoms with Gasteiger partial charge in [-0.15, -0.1) is 0 Å². The van der Waals surface area contributed by atoms with E-state index in [2.05, 4.69) is 16.3 Å². The highest BCUT2D eigenvalue weighted by atomic mass is 35.5. The molecule has 0 bridgehead atoms. The van der Waals surface area contributed by atoms with E-state index in [9.17, 15) is 4.79 Å². The summed E-state index contributed by atoms with van der Waals surface area (Å²) in [7, 11) is 0. The molecule has 1 unspecified atom stereocenters. The van der Waals surface area contributed by atoms with E-state index in [-0.39, 0.29) is 18.5 Å². The first-order chi connectivity index (χ1) is 13.6. The third-order valence-electron chi connectivity index (χ3n) is 5.09. The second-order valence-corrected chi connectivity index (χ2v) is 7.84. The lowest BCUT2D eigenvalue weighted by Crippen LogP contribution is -2.33. The average Bonchev–Trinajstić information content (AvgIpc) is 3.00. The van der Waals surface area contributed by atoms with Crippen molar-refractivity contribution in [1.82, 2.24) is 4.90 Å². The summed E-state index contributed by atoms with van der Waals surface area (Å²) in [6.07, 6.45) is 2.92. The molecule has 0 saturated carbocycles. The summed E-state index contributed by atoms with van der Waals surface area (Å²) < 4.78 is 11.5. The Balaban J connectivity index is 1.46. The number of halogens is 2. The SMILES string of the molecule is O=C(CN1CCCC1c1ccc2c(c1)OCCCO2)Nc1c(Cl)cccc1Cl. The molecule has 1 atom stereocenters. The van der Waals surface area contributed by atoms with E-state index >= 15 is 0 Å². The highest BCUT2D eigenvalue weighted by Gasteiger charge is 2.29. The molecule has 28 heavy (non-hydrogen) atoms. The molecule has 2 aromatic rings. The van der Waals surface area contributed by atoms with Crippen molar-refractivity contribution in [2.24, 2.45) is 0 Å². The Morgan fingerprint density at radius 3 is 2.61 bits per heavy atom. The zero-order valence-corrected chi connectivity index (χ0v) is 16.9. The molecular formula is C21H22Cl2N2O3. The predicted molar refractivity (Wildman–Crippen MR) is 111 cm³/mol. The van der Waals surface area contributed by atoms with E-state index in [1.54, 1.807) is 18.2 Å². The first-order valence-corrected chi connectivity index (χ1v) is 10.2. The van der Waals surface area contributed by atoms with Crippen molar-refractivity contribution in [2.45, 2.75) is 25.3 Å². The number of benzene rings is 2. The molecule has 2 heterocycles. The Morgan fingerprint density at radius 2 is 1.82 bits per heavy atom. The van der Waals surface area contributed by atoms with Gasteiger partial charge in [0.05, 0.1) is 35.5 Å². The van der Waals surface area contributed by atoms with Crippen LogP contribution in [0.3, 0.4) is 0 Å². The maximum atomic E-state index is 12.6. The number of carbonyl (C=O) groups excluding carboxylic acids is 1. The van der Waals surface area contributed by atoms with Gasteiger partial charge in [-0.1, -0.05) is 35.3 Å². The Bertz CT molecular complexity index is 854. The fourth-order valence-electron chi connectivity index (χ4n) is 3.76. The van der Waals surface area contributed by atoms with Gasteiger partial charge in [0.25, 0.3) is 0 Å². The van der Waals surface area contributed by atoms with Gasteiger partial charge in [0.15, 0.2) is 11.5 Å². The summed E-state index contributed by atoms with van der Waals surface area (Å²) >= 11 is 12.3. The molecule has 2 aliphatic heterocycles. The Kier molecular flexibility index (Phi) is 5.95. The molecule has 0 aliphatic carbocycles. The van der Waals surface area contributed by atoms with E-state index in [1.165, 1.54) is 0 Å². The molecule has 2 aliphatic rings. The van der Waals surface area contributed by atoms with Gasteiger partial charge >= 0.3 is 0 Å². The summed E-state index contributed by atoms with van der Waals surface area (Å²) in [6, 6.07) is 11.4. The number of anilines is 1. The maximum absolute atomic E-state index is 12.6. The van der Waals surface area contributed by atoms with Crippen LogP contribution in [0.1, 0.15) is 30.9 Å². The molecule has 1 amide bonds. The highest BCUT2D eigenvalue weighted by Crippen LogP contribution is 2.38. The number of nitrogens with zero attached hydrogens (tertiary/aromatic N) is 1. The zero-order valence-electron chi connectivity index (χ0n) is 15.4. The van der Waals surface area contributed by atoms with Crippen molar-refractivity contribution in [3.8, 4) is 11.5 Å². The fourth-order valence-corrected chi connectivity index (χ4v) is 4.25. The summed E-state index contributed by atoms with van der Waals surface area (Å²) in [5.74, 6) is 1.45. The van der Waals surface area contributed by atoms with Crippen LogP contribution in [-0.4, -0.2) is 37.1 Å². The van der Waals surface area contributed by atoms with Crippen molar-refractivity contribution in [3.05, 3.63) is 52.0 Å². The summed E-state index contributed by atoms with van der Waals surface area (Å²) in [5.41, 5.74) is 1.60. The number of hydrogen-bond donors (Lipinski definition) is 1. The van der Waals surface area contributed by atoms with Crippen LogP contribution in [0, 0.1) is 0 Å². The monoisotopic (exact) mass is 420 g/mol. The standard InChI is InChI=1S/C21H22Cl2N2O3/c22-15-4-1-5-16(23)21(15)24-20(26)13-25-9-2-6-17(25)14-7-8-18-19(12-14)28-11-3-10-27-18/h1,4-5,7-8,12,17H,2-3,6,9-11,13H2,(H,24,26). The van der Waals surface area contributed by atoms with Crippen LogP contribution in [0.25, 0.3) is 0 Å². The summed E-state index contributed by atoms with van der Waals surface area (Å²) in [4.78, 5) is 14.8. The molecule has 148 valence electrons. The molecule has 0 aromatic heterocycles. The molecular weight excluding hydrogens is 399 g/mol. The molecule has 0 spiro atoms. The minimum Gasteiger partial charge on any atom is -0.490 e. The zero-order chi connectivity index (χ0) is 19.5. The van der Waals surface area contributed by atoms with Crippen molar-refractivity contribution in [3.63, 3.8) is 0 Å². The van der Waals surface area contributed by atoms with Crippen LogP contribution < -0.4 is 14.8 Å². The van der Waals surface area contributed by atoms with Crippen molar-refractivity contribution in [1.29, 1.82) is 0 Å². The first kappa shape index (κ1) is 19.4. The quantitative estimate of drug-likeness (QED) is 0.761. The van der Waals surface area contributed by atoms with Crippen molar-refractivity contribution < 1.29 is 14.3 Å². The van der Waals surface area contributed by atoms with Gasteiger partial charge in [-0.05, 0) is 49.2 Å². The Labute approximate surface area is 174 Å². The van der Waals surface area contributed by atoms with Crippen molar-refractivity contribution in [2.75, 3.05) is 31.6 Å². The van der Waals surface area contributed by atoms with E-state index in [4.69, 9.17) is 32.7 Å². The second-order valence-electron chi connectivity index (χ2n) is 7.03. The van der Waals surface area contributed by atoms with Crippen LogP contribution in [0.5, 0.6) is 11.5 Å². The van der Waals surface area contributed by atoms with E-state index < -0.39 is 0 Å².